The Morgan fingerprint density at radius 2 is 1.83 bits per heavy atom. The zero-order chi connectivity index (χ0) is 24.7. The summed E-state index contributed by atoms with van der Waals surface area (Å²) < 4.78 is 51.9. The zero-order valence-electron chi connectivity index (χ0n) is 18.8. The highest BCUT2D eigenvalue weighted by Gasteiger charge is 2.44. The summed E-state index contributed by atoms with van der Waals surface area (Å²) in [5.41, 5.74) is 0.433. The summed E-state index contributed by atoms with van der Waals surface area (Å²) in [6, 6.07) is 5.40. The average Bonchev–Trinajstić information content (AvgIpc) is 2.84. The van der Waals surface area contributed by atoms with Crippen molar-refractivity contribution in [1.82, 2.24) is 24.8 Å². The van der Waals surface area contributed by atoms with E-state index in [0.29, 0.717) is 23.6 Å². The second kappa shape index (κ2) is 8.86. The monoisotopic (exact) mass is 486 g/mol. The zero-order valence-corrected chi connectivity index (χ0v) is 18.8. The van der Waals surface area contributed by atoms with Crippen LogP contribution in [0.2, 0.25) is 0 Å². The molecule has 0 aromatic carbocycles. The van der Waals surface area contributed by atoms with E-state index >= 15 is 0 Å². The van der Waals surface area contributed by atoms with Gasteiger partial charge in [0.15, 0.2) is 11.6 Å². The van der Waals surface area contributed by atoms with Gasteiger partial charge in [-0.05, 0) is 56.4 Å². The predicted molar refractivity (Wildman–Crippen MR) is 119 cm³/mol. The van der Waals surface area contributed by atoms with Gasteiger partial charge in [-0.2, -0.15) is 13.2 Å². The molecular weight excluding hydrogens is 464 g/mol. The van der Waals surface area contributed by atoms with Crippen LogP contribution in [0.25, 0.3) is 11.4 Å². The number of pyridine rings is 2. The summed E-state index contributed by atoms with van der Waals surface area (Å²) in [5, 5.41) is 3.23. The maximum absolute atomic E-state index is 13.7. The minimum Gasteiger partial charge on any atom is -0.365 e. The number of piperidine rings is 2. The highest BCUT2D eigenvalue weighted by atomic mass is 19.4. The fourth-order valence-electron chi connectivity index (χ4n) is 4.91. The lowest BCUT2D eigenvalue weighted by atomic mass is 9.76. The molecule has 2 bridgehead atoms. The predicted octanol–water partition coefficient (Wildman–Crippen LogP) is 4.51. The Hall–Kier alpha value is -3.63. The maximum Gasteiger partial charge on any atom is 0.417 e. The molecule has 11 heteroatoms. The van der Waals surface area contributed by atoms with Crippen molar-refractivity contribution in [1.29, 1.82) is 0 Å². The van der Waals surface area contributed by atoms with Gasteiger partial charge in [0.2, 0.25) is 0 Å². The number of carbonyl (C=O) groups excluding carboxylic acids is 1. The molecule has 3 aliphatic rings. The Labute approximate surface area is 198 Å². The van der Waals surface area contributed by atoms with E-state index in [2.05, 4.69) is 25.3 Å². The van der Waals surface area contributed by atoms with E-state index in [9.17, 15) is 22.4 Å². The number of nitrogens with one attached hydrogen (secondary N) is 1. The maximum atomic E-state index is 13.7. The molecule has 0 unspecified atom stereocenters. The Morgan fingerprint density at radius 3 is 2.49 bits per heavy atom. The van der Waals surface area contributed by atoms with Crippen molar-refractivity contribution < 1.29 is 22.4 Å². The smallest absolute Gasteiger partial charge is 0.365 e. The van der Waals surface area contributed by atoms with Gasteiger partial charge < -0.3 is 10.2 Å². The van der Waals surface area contributed by atoms with Gasteiger partial charge in [0.25, 0.3) is 5.91 Å². The van der Waals surface area contributed by atoms with Crippen molar-refractivity contribution in [2.24, 2.45) is 5.92 Å². The first-order chi connectivity index (χ1) is 16.7. The molecule has 3 fully saturated rings. The molecule has 35 heavy (non-hydrogen) atoms. The van der Waals surface area contributed by atoms with Crippen molar-refractivity contribution in [3.05, 3.63) is 65.6 Å². The number of rotatable bonds is 4. The molecule has 2 aliphatic heterocycles. The van der Waals surface area contributed by atoms with Crippen LogP contribution < -0.4 is 5.32 Å². The van der Waals surface area contributed by atoms with Crippen LogP contribution in [0.15, 0.2) is 42.9 Å². The first kappa shape index (κ1) is 23.1. The summed E-state index contributed by atoms with van der Waals surface area (Å²) in [6.45, 7) is 2.33. The molecule has 7 nitrogen and oxygen atoms in total. The molecule has 5 heterocycles. The van der Waals surface area contributed by atoms with Gasteiger partial charge in [-0.1, -0.05) is 0 Å². The summed E-state index contributed by atoms with van der Waals surface area (Å²) in [4.78, 5) is 31.9. The highest BCUT2D eigenvalue weighted by Crippen LogP contribution is 2.38. The summed E-state index contributed by atoms with van der Waals surface area (Å²) >= 11 is 0. The van der Waals surface area contributed by atoms with E-state index in [4.69, 9.17) is 0 Å². The molecule has 182 valence electrons. The average molecular weight is 486 g/mol. The Balaban J connectivity index is 1.40. The van der Waals surface area contributed by atoms with Crippen LogP contribution in [0.3, 0.4) is 0 Å². The van der Waals surface area contributed by atoms with Crippen molar-refractivity contribution >= 4 is 11.7 Å². The number of aromatic nitrogens is 4. The first-order valence-electron chi connectivity index (χ1n) is 11.3. The lowest BCUT2D eigenvalue weighted by Gasteiger charge is -2.50. The molecule has 3 atom stereocenters. The molecule has 3 aromatic heterocycles. The molecule has 2 saturated heterocycles. The first-order valence-corrected chi connectivity index (χ1v) is 11.3. The number of carbonyl (C=O) groups is 1. The quantitative estimate of drug-likeness (QED) is 0.547. The molecule has 6 rings (SSSR count). The number of amides is 1. The summed E-state index contributed by atoms with van der Waals surface area (Å²) in [5.74, 6) is -0.0876. The topological polar surface area (TPSA) is 83.9 Å². The van der Waals surface area contributed by atoms with Crippen LogP contribution in [0, 0.1) is 18.7 Å². The second-order valence-corrected chi connectivity index (χ2v) is 8.96. The van der Waals surface area contributed by atoms with Gasteiger partial charge in [-0.15, -0.1) is 0 Å². The van der Waals surface area contributed by atoms with Crippen LogP contribution in [-0.2, 0) is 6.18 Å². The molecule has 1 N–H and O–H groups in total. The number of nitrogens with zero attached hydrogens (tertiary/aromatic N) is 5. The molecule has 3 aromatic rings. The van der Waals surface area contributed by atoms with E-state index in [1.54, 1.807) is 24.0 Å². The number of anilines is 1. The molecular formula is C24H22F4N6O. The number of hydrogen-bond donors (Lipinski definition) is 1. The van der Waals surface area contributed by atoms with Crippen LogP contribution in [0.4, 0.5) is 23.4 Å². The highest BCUT2D eigenvalue weighted by molar-refractivity contribution is 5.98. The van der Waals surface area contributed by atoms with E-state index < -0.39 is 17.6 Å². The van der Waals surface area contributed by atoms with Crippen molar-refractivity contribution in [3.8, 4) is 11.4 Å². The third-order valence-corrected chi connectivity index (χ3v) is 6.56. The minimum atomic E-state index is -4.45. The lowest BCUT2D eigenvalue weighted by molar-refractivity contribution is -0.137. The number of fused-ring (bicyclic) bond motifs is 3. The van der Waals surface area contributed by atoms with Crippen LogP contribution in [0.1, 0.15) is 41.0 Å². The van der Waals surface area contributed by atoms with Crippen LogP contribution in [0.5, 0.6) is 0 Å². The van der Waals surface area contributed by atoms with Gasteiger partial charge in [-0.25, -0.2) is 24.3 Å². The number of halogens is 4. The van der Waals surface area contributed by atoms with Gasteiger partial charge in [0.05, 0.1) is 29.6 Å². The Morgan fingerprint density at radius 1 is 1.06 bits per heavy atom. The Kier molecular flexibility index (Phi) is 5.86. The third kappa shape index (κ3) is 4.67. The van der Waals surface area contributed by atoms with E-state index in [-0.39, 0.29) is 35.4 Å². The van der Waals surface area contributed by atoms with Crippen molar-refractivity contribution in [3.63, 3.8) is 0 Å². The van der Waals surface area contributed by atoms with Gasteiger partial charge in [-0.3, -0.25) is 4.79 Å². The minimum absolute atomic E-state index is 0.161. The standard InChI is InChI=1S/C24H22F4N6O/c1-13-2-5-17(22-30-10-16(25)11-31-22)21(32-13)23(35)34-12-14-3-6-19(34)18(8-14)33-20-7-4-15(9-29-20)24(26,27)28/h2,4-5,7,9-11,14,18-19H,3,6,8,12H2,1H3,(H,29,33)/t14-,18+,19-/m0/s1. The Bertz CT molecular complexity index is 1230. The second-order valence-electron chi connectivity index (χ2n) is 8.96. The van der Waals surface area contributed by atoms with Crippen molar-refractivity contribution in [2.75, 3.05) is 11.9 Å². The number of aryl methyl sites for hydroxylation is 1. The fraction of sp³-hybridized carbons (Fsp3) is 0.375. The van der Waals surface area contributed by atoms with Gasteiger partial charge in [0, 0.05) is 24.5 Å². The molecule has 1 saturated carbocycles. The fourth-order valence-corrected chi connectivity index (χ4v) is 4.91. The molecule has 1 aliphatic carbocycles. The van der Waals surface area contributed by atoms with Gasteiger partial charge in [0.1, 0.15) is 11.5 Å². The van der Waals surface area contributed by atoms with Crippen LogP contribution in [-0.4, -0.2) is 49.4 Å². The number of alkyl halides is 3. The van der Waals surface area contributed by atoms with Crippen molar-refractivity contribution in [2.45, 2.75) is 44.4 Å². The SMILES string of the molecule is Cc1ccc(-c2ncc(F)cn2)c(C(=O)N2C[C@H]3CC[C@H]2[C@H](Nc2ccc(C(F)(F)F)cn2)C3)n1. The molecule has 0 spiro atoms. The van der Waals surface area contributed by atoms with Gasteiger partial charge >= 0.3 is 6.18 Å². The molecule has 0 radical (unpaired) electrons. The normalized spacial score (nSPS) is 21.7. The molecule has 1 amide bonds. The van der Waals surface area contributed by atoms with E-state index in [1.807, 2.05) is 0 Å². The van der Waals surface area contributed by atoms with E-state index in [0.717, 1.165) is 43.9 Å². The third-order valence-electron chi connectivity index (χ3n) is 6.56. The number of hydrogen-bond acceptors (Lipinski definition) is 6. The van der Waals surface area contributed by atoms with E-state index in [1.165, 1.54) is 6.07 Å². The summed E-state index contributed by atoms with van der Waals surface area (Å²) in [6.07, 6.45) is 0.924. The lowest BCUT2D eigenvalue weighted by Crippen LogP contribution is -2.60. The van der Waals surface area contributed by atoms with Crippen LogP contribution >= 0.6 is 0 Å². The summed E-state index contributed by atoms with van der Waals surface area (Å²) in [7, 11) is 0. The largest absolute Gasteiger partial charge is 0.417 e.